The molecule has 0 amide bonds. The van der Waals surface area contributed by atoms with E-state index < -0.39 is 16.0 Å². The van der Waals surface area contributed by atoms with Gasteiger partial charge in [-0.15, -0.1) is 0 Å². The SMILES string of the molecule is Cc1ccccc1C(=O)Oc1ccc(Br)cc1/C=N\NS(=O)(=O)c1ccc(Cl)cc1. The Morgan fingerprint density at radius 3 is 2.50 bits per heavy atom. The molecule has 0 saturated heterocycles. The van der Waals surface area contributed by atoms with E-state index in [1.54, 1.807) is 30.3 Å². The van der Waals surface area contributed by atoms with Gasteiger partial charge in [0.15, 0.2) is 0 Å². The van der Waals surface area contributed by atoms with E-state index in [1.165, 1.54) is 30.5 Å². The maximum atomic E-state index is 12.5. The van der Waals surface area contributed by atoms with Crippen LogP contribution in [0.15, 0.2) is 81.2 Å². The molecule has 154 valence electrons. The van der Waals surface area contributed by atoms with Crippen molar-refractivity contribution in [3.8, 4) is 5.75 Å². The lowest BCUT2D eigenvalue weighted by Crippen LogP contribution is -2.18. The van der Waals surface area contributed by atoms with Crippen LogP contribution in [-0.4, -0.2) is 20.6 Å². The van der Waals surface area contributed by atoms with Gasteiger partial charge in [-0.1, -0.05) is 45.7 Å². The second-order valence-electron chi connectivity index (χ2n) is 6.19. The molecule has 0 heterocycles. The molecular formula is C21H16BrClN2O4S. The molecule has 0 fully saturated rings. The minimum Gasteiger partial charge on any atom is -0.422 e. The first-order valence-electron chi connectivity index (χ1n) is 8.64. The molecule has 30 heavy (non-hydrogen) atoms. The Bertz CT molecular complexity index is 1210. The molecule has 0 spiro atoms. The zero-order valence-corrected chi connectivity index (χ0v) is 18.8. The lowest BCUT2D eigenvalue weighted by molar-refractivity contribution is 0.0733. The van der Waals surface area contributed by atoms with Crippen LogP contribution in [0.2, 0.25) is 5.02 Å². The summed E-state index contributed by atoms with van der Waals surface area (Å²) < 4.78 is 30.9. The molecule has 0 unspecified atom stereocenters. The van der Waals surface area contributed by atoms with E-state index in [0.29, 0.717) is 20.6 Å². The van der Waals surface area contributed by atoms with Crippen LogP contribution < -0.4 is 9.57 Å². The van der Waals surface area contributed by atoms with E-state index in [4.69, 9.17) is 16.3 Å². The third-order valence-corrected chi connectivity index (χ3v) is 6.02. The summed E-state index contributed by atoms with van der Waals surface area (Å²) >= 11 is 9.12. The number of carbonyl (C=O) groups excluding carboxylic acids is 1. The summed E-state index contributed by atoms with van der Waals surface area (Å²) in [5, 5.41) is 4.23. The lowest BCUT2D eigenvalue weighted by atomic mass is 10.1. The second kappa shape index (κ2) is 9.42. The first-order chi connectivity index (χ1) is 14.3. The summed E-state index contributed by atoms with van der Waals surface area (Å²) in [4.78, 5) is 14.7. The summed E-state index contributed by atoms with van der Waals surface area (Å²) in [6, 6.07) is 17.7. The largest absolute Gasteiger partial charge is 0.422 e. The van der Waals surface area contributed by atoms with Crippen molar-refractivity contribution in [3.63, 3.8) is 0 Å². The fourth-order valence-corrected chi connectivity index (χ4v) is 3.80. The number of nitrogens with zero attached hydrogens (tertiary/aromatic N) is 1. The van der Waals surface area contributed by atoms with Crippen LogP contribution in [0.3, 0.4) is 0 Å². The van der Waals surface area contributed by atoms with Crippen LogP contribution in [0.5, 0.6) is 5.75 Å². The number of hydrogen-bond acceptors (Lipinski definition) is 5. The number of nitrogens with one attached hydrogen (secondary N) is 1. The minimum absolute atomic E-state index is 0.0181. The molecular weight excluding hydrogens is 492 g/mol. The van der Waals surface area contributed by atoms with Crippen molar-refractivity contribution in [2.24, 2.45) is 5.10 Å². The number of benzene rings is 3. The number of carbonyl (C=O) groups is 1. The highest BCUT2D eigenvalue weighted by atomic mass is 79.9. The third kappa shape index (κ3) is 5.47. The van der Waals surface area contributed by atoms with Crippen molar-refractivity contribution in [1.82, 2.24) is 4.83 Å². The minimum atomic E-state index is -3.87. The zero-order chi connectivity index (χ0) is 21.7. The predicted octanol–water partition coefficient (Wildman–Crippen LogP) is 4.94. The smallest absolute Gasteiger partial charge is 0.343 e. The number of esters is 1. The number of rotatable bonds is 6. The molecule has 0 atom stereocenters. The first kappa shape index (κ1) is 22.0. The van der Waals surface area contributed by atoms with Gasteiger partial charge in [0, 0.05) is 15.1 Å². The molecule has 1 N–H and O–H groups in total. The van der Waals surface area contributed by atoms with Gasteiger partial charge in [0.2, 0.25) is 0 Å². The third-order valence-electron chi connectivity index (χ3n) is 4.04. The van der Waals surface area contributed by atoms with Crippen molar-refractivity contribution in [3.05, 3.63) is 92.9 Å². The number of aryl methyl sites for hydroxylation is 1. The van der Waals surface area contributed by atoms with Crippen molar-refractivity contribution in [2.45, 2.75) is 11.8 Å². The summed E-state index contributed by atoms with van der Waals surface area (Å²) in [5.74, 6) is -0.285. The van der Waals surface area contributed by atoms with Gasteiger partial charge in [0.25, 0.3) is 10.0 Å². The molecule has 0 aliphatic rings. The molecule has 3 rings (SSSR count). The average Bonchev–Trinajstić information content (AvgIpc) is 2.70. The van der Waals surface area contributed by atoms with Crippen molar-refractivity contribution >= 4 is 49.7 Å². The van der Waals surface area contributed by atoms with Gasteiger partial charge in [-0.25, -0.2) is 9.63 Å². The number of halogens is 2. The Hall–Kier alpha value is -2.68. The van der Waals surface area contributed by atoms with E-state index in [9.17, 15) is 13.2 Å². The summed E-state index contributed by atoms with van der Waals surface area (Å²) in [6.45, 7) is 1.81. The maximum Gasteiger partial charge on any atom is 0.343 e. The highest BCUT2D eigenvalue weighted by molar-refractivity contribution is 9.10. The molecule has 6 nitrogen and oxygen atoms in total. The van der Waals surface area contributed by atoms with Gasteiger partial charge in [-0.3, -0.25) is 0 Å². The topological polar surface area (TPSA) is 84.8 Å². The van der Waals surface area contributed by atoms with Crippen molar-refractivity contribution in [2.75, 3.05) is 0 Å². The molecule has 0 aliphatic heterocycles. The second-order valence-corrected chi connectivity index (χ2v) is 9.21. The quantitative estimate of drug-likeness (QED) is 0.222. The van der Waals surface area contributed by atoms with Gasteiger partial charge >= 0.3 is 5.97 Å². The van der Waals surface area contributed by atoms with Crippen LogP contribution in [0, 0.1) is 6.92 Å². The number of hydrogen-bond donors (Lipinski definition) is 1. The fraction of sp³-hybridized carbons (Fsp3) is 0.0476. The van der Waals surface area contributed by atoms with Crippen LogP contribution in [0.4, 0.5) is 0 Å². The molecule has 0 aromatic heterocycles. The average molecular weight is 508 g/mol. The van der Waals surface area contributed by atoms with E-state index in [2.05, 4.69) is 25.9 Å². The van der Waals surface area contributed by atoms with Crippen LogP contribution in [0.1, 0.15) is 21.5 Å². The van der Waals surface area contributed by atoms with Crippen LogP contribution in [-0.2, 0) is 10.0 Å². The normalized spacial score (nSPS) is 11.4. The zero-order valence-electron chi connectivity index (χ0n) is 15.7. The van der Waals surface area contributed by atoms with E-state index in [1.807, 2.05) is 19.1 Å². The Morgan fingerprint density at radius 1 is 1.10 bits per heavy atom. The van der Waals surface area contributed by atoms with Gasteiger partial charge in [0.05, 0.1) is 16.7 Å². The van der Waals surface area contributed by atoms with Crippen molar-refractivity contribution in [1.29, 1.82) is 0 Å². The van der Waals surface area contributed by atoms with E-state index in [-0.39, 0.29) is 10.6 Å². The van der Waals surface area contributed by atoms with Gasteiger partial charge < -0.3 is 4.74 Å². The first-order valence-corrected chi connectivity index (χ1v) is 11.3. The van der Waals surface area contributed by atoms with Gasteiger partial charge in [0.1, 0.15) is 5.75 Å². The molecule has 0 aliphatic carbocycles. The summed E-state index contributed by atoms with van der Waals surface area (Å²) in [5.41, 5.74) is 1.63. The Kier molecular flexibility index (Phi) is 6.91. The fourth-order valence-electron chi connectivity index (χ4n) is 2.50. The molecule has 0 radical (unpaired) electrons. The highest BCUT2D eigenvalue weighted by Crippen LogP contribution is 2.23. The molecule has 0 bridgehead atoms. The monoisotopic (exact) mass is 506 g/mol. The Balaban J connectivity index is 1.81. The van der Waals surface area contributed by atoms with Crippen LogP contribution >= 0.6 is 27.5 Å². The van der Waals surface area contributed by atoms with Gasteiger partial charge in [-0.2, -0.15) is 13.5 Å². The number of hydrazone groups is 1. The standard InChI is InChI=1S/C21H16BrClN2O4S/c1-14-4-2-3-5-19(14)21(26)29-20-11-6-16(22)12-15(20)13-24-25-30(27,28)18-9-7-17(23)8-10-18/h2-13,25H,1H3/b24-13-. The highest BCUT2D eigenvalue weighted by Gasteiger charge is 2.15. The molecule has 3 aromatic rings. The van der Waals surface area contributed by atoms with Crippen LogP contribution in [0.25, 0.3) is 0 Å². The van der Waals surface area contributed by atoms with E-state index >= 15 is 0 Å². The summed E-state index contributed by atoms with van der Waals surface area (Å²) in [6.07, 6.45) is 1.26. The maximum absolute atomic E-state index is 12.5. The Morgan fingerprint density at radius 2 is 1.80 bits per heavy atom. The van der Waals surface area contributed by atoms with Crippen molar-refractivity contribution < 1.29 is 17.9 Å². The molecule has 0 saturated carbocycles. The van der Waals surface area contributed by atoms with Gasteiger partial charge in [-0.05, 0) is 61.0 Å². The molecule has 9 heteroatoms. The predicted molar refractivity (Wildman–Crippen MR) is 120 cm³/mol. The lowest BCUT2D eigenvalue weighted by Gasteiger charge is -2.09. The summed E-state index contributed by atoms with van der Waals surface area (Å²) in [7, 11) is -3.87. The number of ether oxygens (including phenoxy) is 1. The Labute approximate surface area is 187 Å². The molecule has 3 aromatic carbocycles. The number of sulfonamides is 1. The van der Waals surface area contributed by atoms with E-state index in [0.717, 1.165) is 5.56 Å².